The Balaban J connectivity index is 4.01. The highest BCUT2D eigenvalue weighted by Crippen LogP contribution is 2.49. The normalized spacial score (nSPS) is 13.8. The molecule has 49 heavy (non-hydrogen) atoms. The van der Waals surface area contributed by atoms with Gasteiger partial charge in [-0.3, -0.25) is 14.1 Å². The van der Waals surface area contributed by atoms with Gasteiger partial charge in [-0.25, -0.2) is 0 Å². The zero-order valence-corrected chi connectivity index (χ0v) is 27.8. The van der Waals surface area contributed by atoms with Crippen molar-refractivity contribution in [2.75, 3.05) is 5.75 Å². The highest BCUT2D eigenvalue weighted by molar-refractivity contribution is 7.85. The maximum Gasteiger partial charge on any atom is 0.438 e. The molecule has 0 heterocycles. The van der Waals surface area contributed by atoms with Gasteiger partial charge in [-0.2, -0.15) is 61.1 Å². The molecule has 7 nitrogen and oxygen atoms in total. The van der Waals surface area contributed by atoms with Gasteiger partial charge in [0.15, 0.2) is 0 Å². The summed E-state index contributed by atoms with van der Waals surface area (Å²) in [6, 6.07) is 0. The molecule has 0 unspecified atom stereocenters. The second-order valence-corrected chi connectivity index (χ2v) is 13.3. The molecule has 0 fully saturated rings. The summed E-state index contributed by atoms with van der Waals surface area (Å²) < 4.78 is 195. The zero-order valence-electron chi connectivity index (χ0n) is 27.0. The highest BCUT2D eigenvalue weighted by atomic mass is 32.2. The number of esters is 2. The number of halogens is 12. The van der Waals surface area contributed by atoms with E-state index >= 15 is 0 Å². The minimum atomic E-state index is -6.36. The first-order valence-corrected chi connectivity index (χ1v) is 17.5. The molecule has 0 amide bonds. The molecule has 0 saturated heterocycles. The fourth-order valence-corrected chi connectivity index (χ4v) is 5.88. The van der Waals surface area contributed by atoms with E-state index in [0.717, 1.165) is 57.8 Å². The maximum atomic E-state index is 13.2. The number of carbonyl (C=O) groups is 2. The van der Waals surface area contributed by atoms with Crippen molar-refractivity contribution in [2.24, 2.45) is 0 Å². The van der Waals surface area contributed by atoms with Gasteiger partial charge in [-0.15, -0.1) is 0 Å². The summed E-state index contributed by atoms with van der Waals surface area (Å²) in [6.45, 7) is 0.645. The number of hydrogen-bond donors (Lipinski definition) is 1. The Hall–Kier alpha value is -1.99. The molecule has 0 aromatic heterocycles. The van der Waals surface area contributed by atoms with Crippen LogP contribution in [0.4, 0.5) is 52.7 Å². The van der Waals surface area contributed by atoms with Gasteiger partial charge in [0.05, 0.1) is 0 Å². The third-order valence-electron chi connectivity index (χ3n) is 7.80. The average Bonchev–Trinajstić information content (AvgIpc) is 2.91. The van der Waals surface area contributed by atoms with Gasteiger partial charge in [0, 0.05) is 19.3 Å². The van der Waals surface area contributed by atoms with E-state index in [2.05, 4.69) is 9.47 Å². The van der Waals surface area contributed by atoms with Crippen LogP contribution in [-0.2, 0) is 29.2 Å². The Morgan fingerprint density at radius 3 is 0.898 bits per heavy atom. The largest absolute Gasteiger partial charge is 0.439 e. The molecule has 0 bridgehead atoms. The lowest BCUT2D eigenvalue weighted by Gasteiger charge is -2.35. The Bertz CT molecular complexity index is 1060. The van der Waals surface area contributed by atoms with Crippen molar-refractivity contribution in [3.8, 4) is 0 Å². The van der Waals surface area contributed by atoms with Gasteiger partial charge >= 0.3 is 47.8 Å². The fraction of sp³-hybridized carbons (Fsp3) is 0.931. The van der Waals surface area contributed by atoms with Crippen LogP contribution in [0, 0.1) is 0 Å². The van der Waals surface area contributed by atoms with Crippen LogP contribution in [0.1, 0.15) is 129 Å². The van der Waals surface area contributed by atoms with Crippen LogP contribution in [-0.4, -0.2) is 66.6 Å². The molecular weight excluding hydrogens is 720 g/mol. The molecule has 0 radical (unpaired) electrons. The molecule has 20 heteroatoms. The van der Waals surface area contributed by atoms with Gasteiger partial charge in [0.25, 0.3) is 10.1 Å². The number of ether oxygens (including phenoxy) is 2. The third-order valence-corrected chi connectivity index (χ3v) is 8.57. The van der Waals surface area contributed by atoms with Gasteiger partial charge in [-0.05, 0) is 12.8 Å². The first-order chi connectivity index (χ1) is 22.3. The van der Waals surface area contributed by atoms with E-state index in [0.29, 0.717) is 39.0 Å². The van der Waals surface area contributed by atoms with Crippen LogP contribution >= 0.6 is 0 Å². The Morgan fingerprint density at radius 2 is 0.694 bits per heavy atom. The molecule has 0 rings (SSSR count). The quantitative estimate of drug-likeness (QED) is 0.0451. The van der Waals surface area contributed by atoms with Crippen LogP contribution < -0.4 is 0 Å². The lowest BCUT2D eigenvalue weighted by atomic mass is 9.98. The second kappa shape index (κ2) is 20.2. The Kier molecular flexibility index (Phi) is 19.3. The molecule has 0 atom stereocenters. The lowest BCUT2D eigenvalue weighted by Crippen LogP contribution is -2.63. The Labute approximate surface area is 277 Å². The minimum absolute atomic E-state index is 0.0907. The number of carbonyl (C=O) groups excluding carboxylic acids is 2. The van der Waals surface area contributed by atoms with E-state index in [9.17, 15) is 70.7 Å². The summed E-state index contributed by atoms with van der Waals surface area (Å²) in [6.07, 6.45) is -16.4. The van der Waals surface area contributed by atoms with Crippen molar-refractivity contribution in [3.05, 3.63) is 0 Å². The smallest absolute Gasteiger partial charge is 0.438 e. The summed E-state index contributed by atoms with van der Waals surface area (Å²) in [7, 11) is -5.83. The van der Waals surface area contributed by atoms with E-state index in [4.69, 9.17) is 4.55 Å². The molecule has 1 N–H and O–H groups in total. The molecule has 0 saturated carbocycles. The molecule has 0 aromatic carbocycles. The number of hydrogen-bond acceptors (Lipinski definition) is 6. The number of unbranched alkanes of at least 4 members (excludes halogenated alkanes) is 15. The average molecular weight is 765 g/mol. The van der Waals surface area contributed by atoms with Gasteiger partial charge < -0.3 is 9.47 Å². The van der Waals surface area contributed by atoms with E-state index in [-0.39, 0.29) is 12.8 Å². The highest BCUT2D eigenvalue weighted by Gasteiger charge is 2.76. The van der Waals surface area contributed by atoms with Gasteiger partial charge in [-0.1, -0.05) is 96.8 Å². The number of alkyl halides is 12. The summed E-state index contributed by atoms with van der Waals surface area (Å²) >= 11 is 0. The van der Waals surface area contributed by atoms with Crippen molar-refractivity contribution in [1.29, 1.82) is 0 Å². The van der Waals surface area contributed by atoms with Crippen LogP contribution in [0.15, 0.2) is 0 Å². The SMILES string of the molecule is CCC(OC(=O)CCCCCCCCCCCCCCCCCCC(=O)OC(CS(=O)(=O)O)(C(F)(F)F)C(F)(F)F)(C(F)(F)F)C(F)(F)F. The number of rotatable bonds is 24. The predicted octanol–water partition coefficient (Wildman–Crippen LogP) is 10.1. The van der Waals surface area contributed by atoms with Crippen molar-refractivity contribution < 1.29 is 84.7 Å². The lowest BCUT2D eigenvalue weighted by molar-refractivity contribution is -0.370. The summed E-state index contributed by atoms with van der Waals surface area (Å²) in [5.41, 5.74) is -9.92. The Morgan fingerprint density at radius 1 is 0.469 bits per heavy atom. The van der Waals surface area contributed by atoms with E-state index in [1.54, 1.807) is 0 Å². The molecule has 0 aliphatic carbocycles. The zero-order chi connectivity index (χ0) is 38.2. The van der Waals surface area contributed by atoms with Crippen LogP contribution in [0.5, 0.6) is 0 Å². The maximum absolute atomic E-state index is 13.2. The molecule has 0 aliphatic heterocycles. The standard InChI is InChI=1S/C29H44F12O7S/c1-2-24(26(30,31)32,27(33,34)35)47-22(42)19-17-15-13-11-9-7-5-3-4-6-8-10-12-14-16-18-20-23(43)48-25(28(36,37)38,29(39,40)41)21-49(44,45)46/h2-21H2,1H3,(H,44,45,46). The third kappa shape index (κ3) is 16.3. The van der Waals surface area contributed by atoms with Crippen molar-refractivity contribution in [2.45, 2.75) is 165 Å². The summed E-state index contributed by atoms with van der Waals surface area (Å²) in [5, 5.41) is 0. The first kappa shape index (κ1) is 47.0. The molecule has 0 spiro atoms. The van der Waals surface area contributed by atoms with Crippen molar-refractivity contribution in [3.63, 3.8) is 0 Å². The van der Waals surface area contributed by atoms with E-state index < -0.39 is 83.0 Å². The first-order valence-electron chi connectivity index (χ1n) is 15.9. The monoisotopic (exact) mass is 764 g/mol. The van der Waals surface area contributed by atoms with Crippen LogP contribution in [0.2, 0.25) is 0 Å². The molecule has 0 aromatic rings. The van der Waals surface area contributed by atoms with E-state index in [1.807, 2.05) is 0 Å². The van der Waals surface area contributed by atoms with Crippen LogP contribution in [0.3, 0.4) is 0 Å². The predicted molar refractivity (Wildman–Crippen MR) is 152 cm³/mol. The van der Waals surface area contributed by atoms with Crippen LogP contribution in [0.25, 0.3) is 0 Å². The fourth-order valence-electron chi connectivity index (χ4n) is 4.98. The molecular formula is C29H44F12O7S. The van der Waals surface area contributed by atoms with E-state index in [1.165, 1.54) is 0 Å². The van der Waals surface area contributed by atoms with Gasteiger partial charge in [0.2, 0.25) is 0 Å². The minimum Gasteiger partial charge on any atom is -0.439 e. The van der Waals surface area contributed by atoms with Crippen molar-refractivity contribution >= 4 is 22.1 Å². The molecule has 0 aliphatic rings. The second-order valence-electron chi connectivity index (χ2n) is 11.8. The van der Waals surface area contributed by atoms with Gasteiger partial charge in [0.1, 0.15) is 5.75 Å². The topological polar surface area (TPSA) is 107 Å². The van der Waals surface area contributed by atoms with Crippen molar-refractivity contribution in [1.82, 2.24) is 0 Å². The summed E-state index contributed by atoms with van der Waals surface area (Å²) in [5.74, 6) is -6.37. The summed E-state index contributed by atoms with van der Waals surface area (Å²) in [4.78, 5) is 23.4. The molecule has 292 valence electrons.